The zero-order valence-corrected chi connectivity index (χ0v) is 19.5. The van der Waals surface area contributed by atoms with E-state index >= 15 is 0 Å². The van der Waals surface area contributed by atoms with Crippen LogP contribution in [0, 0.1) is 0 Å². The molecule has 0 spiro atoms. The van der Waals surface area contributed by atoms with Crippen LogP contribution in [0.2, 0.25) is 5.02 Å². The summed E-state index contributed by atoms with van der Waals surface area (Å²) in [5.74, 6) is 1.98. The summed E-state index contributed by atoms with van der Waals surface area (Å²) in [6, 6.07) is 7.73. The summed E-state index contributed by atoms with van der Waals surface area (Å²) in [6.45, 7) is 2.65. The van der Waals surface area contributed by atoms with Gasteiger partial charge in [-0.1, -0.05) is 23.7 Å². The molecule has 0 aliphatic carbocycles. The number of amides is 1. The summed E-state index contributed by atoms with van der Waals surface area (Å²) < 4.78 is 0. The van der Waals surface area contributed by atoms with E-state index in [9.17, 15) is 4.79 Å². The van der Waals surface area contributed by atoms with E-state index in [1.165, 1.54) is 5.56 Å². The third kappa shape index (κ3) is 5.01. The lowest BCUT2D eigenvalue weighted by Crippen LogP contribution is -2.40. The van der Waals surface area contributed by atoms with E-state index < -0.39 is 0 Å². The van der Waals surface area contributed by atoms with Gasteiger partial charge in [0.15, 0.2) is 5.82 Å². The Hall–Kier alpha value is -2.18. The minimum atomic E-state index is -0.0377. The molecule has 0 saturated carbocycles. The molecule has 2 aliphatic heterocycles. The van der Waals surface area contributed by atoms with Crippen LogP contribution in [0.3, 0.4) is 0 Å². The maximum absolute atomic E-state index is 13.2. The molecule has 6 nitrogen and oxygen atoms in total. The van der Waals surface area contributed by atoms with Gasteiger partial charge in [0.2, 0.25) is 5.91 Å². The standard InChI is InChI=1S/C24H32ClN5O/c1-28(2)24-19-16-29(3)14-12-20(19)26-23(27-24)21-9-4-5-13-30(21)22(31)11-10-17-7-6-8-18(25)15-17/h6-8,15,21H,4-5,9-14,16H2,1-3H3/t21-/m1/s1. The molecule has 1 aromatic carbocycles. The van der Waals surface area contributed by atoms with Crippen molar-refractivity contribution in [1.82, 2.24) is 19.8 Å². The number of benzene rings is 1. The quantitative estimate of drug-likeness (QED) is 0.705. The van der Waals surface area contributed by atoms with Crippen LogP contribution in [-0.2, 0) is 24.2 Å². The zero-order chi connectivity index (χ0) is 22.0. The average Bonchev–Trinajstić information content (AvgIpc) is 2.76. The maximum Gasteiger partial charge on any atom is 0.223 e. The highest BCUT2D eigenvalue weighted by Gasteiger charge is 2.32. The molecule has 1 aromatic heterocycles. The SMILES string of the molecule is CN1CCc2nc([C@H]3CCCCN3C(=O)CCc3cccc(Cl)c3)nc(N(C)C)c2C1. The molecule has 4 rings (SSSR count). The lowest BCUT2D eigenvalue weighted by molar-refractivity contribution is -0.135. The van der Waals surface area contributed by atoms with Gasteiger partial charge >= 0.3 is 0 Å². The molecule has 1 atom stereocenters. The molecular weight excluding hydrogens is 410 g/mol. The highest BCUT2D eigenvalue weighted by Crippen LogP contribution is 2.33. The predicted octanol–water partition coefficient (Wildman–Crippen LogP) is 3.87. The number of likely N-dealkylation sites (tertiary alicyclic amines) is 1. The third-order valence-electron chi connectivity index (χ3n) is 6.31. The number of nitrogens with zero attached hydrogens (tertiary/aromatic N) is 5. The van der Waals surface area contributed by atoms with Crippen LogP contribution >= 0.6 is 11.6 Å². The molecule has 1 saturated heterocycles. The van der Waals surface area contributed by atoms with E-state index in [1.54, 1.807) is 0 Å². The smallest absolute Gasteiger partial charge is 0.223 e. The van der Waals surface area contributed by atoms with Crippen molar-refractivity contribution in [2.75, 3.05) is 39.1 Å². The van der Waals surface area contributed by atoms with Crippen LogP contribution in [0.5, 0.6) is 0 Å². The largest absolute Gasteiger partial charge is 0.362 e. The van der Waals surface area contributed by atoms with Gasteiger partial charge in [-0.2, -0.15) is 0 Å². The summed E-state index contributed by atoms with van der Waals surface area (Å²) in [6.07, 6.45) is 5.17. The minimum absolute atomic E-state index is 0.0377. The Kier molecular flexibility index (Phi) is 6.77. The highest BCUT2D eigenvalue weighted by atomic mass is 35.5. The number of likely N-dealkylation sites (N-methyl/N-ethyl adjacent to an activating group) is 1. The molecule has 0 radical (unpaired) electrons. The van der Waals surface area contributed by atoms with Crippen LogP contribution in [-0.4, -0.2) is 59.9 Å². The monoisotopic (exact) mass is 441 g/mol. The van der Waals surface area contributed by atoms with Gasteiger partial charge in [-0.3, -0.25) is 4.79 Å². The number of aryl methyl sites for hydroxylation is 1. The van der Waals surface area contributed by atoms with E-state index in [2.05, 4.69) is 16.8 Å². The lowest BCUT2D eigenvalue weighted by atomic mass is 9.99. The molecule has 0 bridgehead atoms. The van der Waals surface area contributed by atoms with Gasteiger partial charge < -0.3 is 14.7 Å². The first-order chi connectivity index (χ1) is 14.9. The highest BCUT2D eigenvalue weighted by molar-refractivity contribution is 6.30. The number of hydrogen-bond donors (Lipinski definition) is 0. The Morgan fingerprint density at radius 3 is 2.84 bits per heavy atom. The molecule has 0 N–H and O–H groups in total. The summed E-state index contributed by atoms with van der Waals surface area (Å²) in [5, 5.41) is 0.713. The van der Waals surface area contributed by atoms with Crippen molar-refractivity contribution >= 4 is 23.3 Å². The van der Waals surface area contributed by atoms with Crippen molar-refractivity contribution in [1.29, 1.82) is 0 Å². The van der Waals surface area contributed by atoms with Gasteiger partial charge in [0, 0.05) is 57.2 Å². The van der Waals surface area contributed by atoms with Crippen molar-refractivity contribution in [3.8, 4) is 0 Å². The molecule has 3 heterocycles. The number of carbonyl (C=O) groups excluding carboxylic acids is 1. The molecule has 2 aliphatic rings. The van der Waals surface area contributed by atoms with Crippen LogP contribution in [0.25, 0.3) is 0 Å². The molecule has 166 valence electrons. The Bertz CT molecular complexity index is 948. The second-order valence-electron chi connectivity index (χ2n) is 8.94. The summed E-state index contributed by atoms with van der Waals surface area (Å²) in [4.78, 5) is 29.6. The average molecular weight is 442 g/mol. The Morgan fingerprint density at radius 1 is 1.23 bits per heavy atom. The van der Waals surface area contributed by atoms with Gasteiger partial charge in [-0.25, -0.2) is 9.97 Å². The van der Waals surface area contributed by atoms with E-state index in [-0.39, 0.29) is 11.9 Å². The van der Waals surface area contributed by atoms with E-state index in [4.69, 9.17) is 21.6 Å². The summed E-state index contributed by atoms with van der Waals surface area (Å²) in [7, 11) is 6.21. The van der Waals surface area contributed by atoms with Crippen LogP contribution in [0.4, 0.5) is 5.82 Å². The Morgan fingerprint density at radius 2 is 2.06 bits per heavy atom. The fraction of sp³-hybridized carbons (Fsp3) is 0.542. The van der Waals surface area contributed by atoms with Crippen molar-refractivity contribution in [3.63, 3.8) is 0 Å². The first-order valence-corrected chi connectivity index (χ1v) is 11.6. The van der Waals surface area contributed by atoms with Crippen LogP contribution < -0.4 is 4.90 Å². The zero-order valence-electron chi connectivity index (χ0n) is 18.8. The van der Waals surface area contributed by atoms with Gasteiger partial charge in [-0.05, 0) is 50.4 Å². The molecule has 31 heavy (non-hydrogen) atoms. The summed E-state index contributed by atoms with van der Waals surface area (Å²) in [5.41, 5.74) is 3.46. The second kappa shape index (κ2) is 9.53. The maximum atomic E-state index is 13.2. The second-order valence-corrected chi connectivity index (χ2v) is 9.38. The number of anilines is 1. The number of carbonyl (C=O) groups is 1. The van der Waals surface area contributed by atoms with E-state index in [0.717, 1.165) is 68.2 Å². The van der Waals surface area contributed by atoms with Crippen molar-refractivity contribution in [2.24, 2.45) is 0 Å². The number of hydrogen-bond acceptors (Lipinski definition) is 5. The predicted molar refractivity (Wildman–Crippen MR) is 124 cm³/mol. The molecule has 1 fully saturated rings. The van der Waals surface area contributed by atoms with Crippen LogP contribution in [0.1, 0.15) is 54.4 Å². The Balaban J connectivity index is 1.57. The summed E-state index contributed by atoms with van der Waals surface area (Å²) >= 11 is 6.10. The molecular formula is C24H32ClN5O. The van der Waals surface area contributed by atoms with Gasteiger partial charge in [0.1, 0.15) is 5.82 Å². The van der Waals surface area contributed by atoms with Gasteiger partial charge in [-0.15, -0.1) is 0 Å². The molecule has 2 aromatic rings. The number of aromatic nitrogens is 2. The van der Waals surface area contributed by atoms with E-state index in [1.807, 2.05) is 43.3 Å². The fourth-order valence-corrected chi connectivity index (χ4v) is 4.87. The number of rotatable bonds is 5. The minimum Gasteiger partial charge on any atom is -0.362 e. The van der Waals surface area contributed by atoms with E-state index in [0.29, 0.717) is 17.9 Å². The number of fused-ring (bicyclic) bond motifs is 1. The normalized spacial score (nSPS) is 19.2. The molecule has 1 amide bonds. The molecule has 7 heteroatoms. The van der Waals surface area contributed by atoms with Crippen molar-refractivity contribution < 1.29 is 4.79 Å². The van der Waals surface area contributed by atoms with Gasteiger partial charge in [0.25, 0.3) is 0 Å². The van der Waals surface area contributed by atoms with Crippen molar-refractivity contribution in [3.05, 3.63) is 51.9 Å². The number of piperidine rings is 1. The topological polar surface area (TPSA) is 52.6 Å². The fourth-order valence-electron chi connectivity index (χ4n) is 4.66. The first-order valence-electron chi connectivity index (χ1n) is 11.2. The lowest BCUT2D eigenvalue weighted by Gasteiger charge is -2.36. The number of halogens is 1. The van der Waals surface area contributed by atoms with Gasteiger partial charge in [0.05, 0.1) is 11.7 Å². The molecule has 0 unspecified atom stereocenters. The van der Waals surface area contributed by atoms with Crippen LogP contribution in [0.15, 0.2) is 24.3 Å². The first kappa shape index (κ1) is 22.0. The third-order valence-corrected chi connectivity index (χ3v) is 6.54. The Labute approximate surface area is 190 Å². The van der Waals surface area contributed by atoms with Crippen molar-refractivity contribution in [2.45, 2.75) is 51.1 Å².